The summed E-state index contributed by atoms with van der Waals surface area (Å²) in [6.45, 7) is 1.63. The Balaban J connectivity index is 1.41. The predicted octanol–water partition coefficient (Wildman–Crippen LogP) is 1.47. The van der Waals surface area contributed by atoms with Gasteiger partial charge in [-0.05, 0) is 6.92 Å². The average Bonchev–Trinajstić information content (AvgIpc) is 3.22. The van der Waals surface area contributed by atoms with E-state index < -0.39 is 5.97 Å². The van der Waals surface area contributed by atoms with Crippen LogP contribution >= 0.6 is 23.1 Å². The van der Waals surface area contributed by atoms with Crippen molar-refractivity contribution >= 4 is 45.8 Å². The number of ether oxygens (including phenoxy) is 1. The number of nitrogens with one attached hydrogen (secondary N) is 1. The zero-order valence-corrected chi connectivity index (χ0v) is 15.3. The van der Waals surface area contributed by atoms with Gasteiger partial charge in [0.2, 0.25) is 5.91 Å². The van der Waals surface area contributed by atoms with Crippen molar-refractivity contribution < 1.29 is 18.8 Å². The van der Waals surface area contributed by atoms with Crippen LogP contribution in [0.2, 0.25) is 0 Å². The number of amides is 1. The molecule has 0 aliphatic heterocycles. The van der Waals surface area contributed by atoms with Gasteiger partial charge in [-0.2, -0.15) is 0 Å². The van der Waals surface area contributed by atoms with Crippen LogP contribution in [0.4, 0.5) is 5.82 Å². The lowest BCUT2D eigenvalue weighted by Crippen LogP contribution is -2.17. The molecule has 0 saturated carbocycles. The molecule has 11 heteroatoms. The molecular weight excluding hydrogens is 380 g/mol. The number of thiazole rings is 1. The van der Waals surface area contributed by atoms with E-state index in [1.807, 2.05) is 0 Å². The maximum absolute atomic E-state index is 11.8. The fourth-order valence-corrected chi connectivity index (χ4v) is 3.34. The monoisotopic (exact) mass is 394 g/mol. The number of esters is 1. The van der Waals surface area contributed by atoms with E-state index in [4.69, 9.17) is 9.26 Å². The first-order valence-corrected chi connectivity index (χ1v) is 9.47. The minimum absolute atomic E-state index is 0.00545. The number of aromatic nitrogens is 3. The van der Waals surface area contributed by atoms with E-state index in [9.17, 15) is 14.4 Å². The van der Waals surface area contributed by atoms with Crippen LogP contribution in [0.1, 0.15) is 11.5 Å². The summed E-state index contributed by atoms with van der Waals surface area (Å²) in [5.74, 6) is 0.206. The van der Waals surface area contributed by atoms with Gasteiger partial charge in [-0.15, -0.1) is 23.1 Å². The molecular formula is C15H14N4O5S2. The van der Waals surface area contributed by atoms with Gasteiger partial charge in [0.1, 0.15) is 12.4 Å². The van der Waals surface area contributed by atoms with E-state index in [0.717, 1.165) is 11.8 Å². The van der Waals surface area contributed by atoms with Crippen LogP contribution < -0.4 is 10.9 Å². The summed E-state index contributed by atoms with van der Waals surface area (Å²) in [5.41, 5.74) is 0.159. The molecule has 0 radical (unpaired) electrons. The fourth-order valence-electron chi connectivity index (χ4n) is 1.99. The third kappa shape index (κ3) is 4.70. The van der Waals surface area contributed by atoms with E-state index in [2.05, 4.69) is 15.5 Å². The highest BCUT2D eigenvalue weighted by molar-refractivity contribution is 8.00. The van der Waals surface area contributed by atoms with Crippen LogP contribution in [0, 0.1) is 6.92 Å². The Bertz CT molecular complexity index is 993. The number of thioether (sulfide) groups is 1. The summed E-state index contributed by atoms with van der Waals surface area (Å²) in [5, 5.41) is 7.95. The van der Waals surface area contributed by atoms with Crippen molar-refractivity contribution in [1.29, 1.82) is 0 Å². The number of hydrogen-bond acceptors (Lipinski definition) is 9. The first-order valence-electron chi connectivity index (χ1n) is 7.43. The van der Waals surface area contributed by atoms with Crippen molar-refractivity contribution in [1.82, 2.24) is 14.5 Å². The molecule has 3 heterocycles. The van der Waals surface area contributed by atoms with Crippen LogP contribution in [0.5, 0.6) is 0 Å². The average molecular weight is 394 g/mol. The fraction of sp³-hybridized carbons (Fsp3) is 0.267. The van der Waals surface area contributed by atoms with Gasteiger partial charge in [0.05, 0.1) is 17.2 Å². The standard InChI is InChI=1S/C15H14N4O5S2/c1-9-4-11(18-24-9)17-12(20)7-25-8-14(22)23-6-10-5-13(21)19-2-3-26-15(19)16-10/h2-5H,6-8H2,1H3,(H,17,18,20). The van der Waals surface area contributed by atoms with Gasteiger partial charge >= 0.3 is 5.97 Å². The molecule has 136 valence electrons. The lowest BCUT2D eigenvalue weighted by atomic mass is 10.4. The summed E-state index contributed by atoms with van der Waals surface area (Å²) < 4.78 is 11.3. The summed E-state index contributed by atoms with van der Waals surface area (Å²) >= 11 is 2.43. The summed E-state index contributed by atoms with van der Waals surface area (Å²) in [6.07, 6.45) is 1.63. The molecule has 9 nitrogen and oxygen atoms in total. The Kier molecular flexibility index (Phi) is 5.68. The number of carbonyl (C=O) groups is 2. The maximum Gasteiger partial charge on any atom is 0.316 e. The number of fused-ring (bicyclic) bond motifs is 1. The highest BCUT2D eigenvalue weighted by Crippen LogP contribution is 2.10. The predicted molar refractivity (Wildman–Crippen MR) is 96.3 cm³/mol. The maximum atomic E-state index is 11.8. The summed E-state index contributed by atoms with van der Waals surface area (Å²) in [6, 6.07) is 2.92. The second-order valence-electron chi connectivity index (χ2n) is 5.17. The number of rotatable bonds is 7. The molecule has 0 atom stereocenters. The molecule has 0 aliphatic carbocycles. The molecule has 0 spiro atoms. The van der Waals surface area contributed by atoms with E-state index in [1.165, 1.54) is 21.8 Å². The van der Waals surface area contributed by atoms with Crippen molar-refractivity contribution in [2.24, 2.45) is 0 Å². The number of carbonyl (C=O) groups excluding carboxylic acids is 2. The molecule has 0 aromatic carbocycles. The van der Waals surface area contributed by atoms with Crippen LogP contribution in [0.25, 0.3) is 4.96 Å². The van der Waals surface area contributed by atoms with Gasteiger partial charge in [-0.3, -0.25) is 18.8 Å². The van der Waals surface area contributed by atoms with Gasteiger partial charge in [-0.1, -0.05) is 5.16 Å². The lowest BCUT2D eigenvalue weighted by Gasteiger charge is -2.05. The van der Waals surface area contributed by atoms with Gasteiger partial charge in [0.25, 0.3) is 5.56 Å². The second-order valence-corrected chi connectivity index (χ2v) is 7.02. The molecule has 0 saturated heterocycles. The SMILES string of the molecule is Cc1cc(NC(=O)CSCC(=O)OCc2cc(=O)n3ccsc3n2)no1. The molecule has 0 aliphatic rings. The largest absolute Gasteiger partial charge is 0.459 e. The Morgan fingerprint density at radius 2 is 2.23 bits per heavy atom. The summed E-state index contributed by atoms with van der Waals surface area (Å²) in [4.78, 5) is 40.1. The quantitative estimate of drug-likeness (QED) is 0.599. The Morgan fingerprint density at radius 1 is 1.38 bits per heavy atom. The van der Waals surface area contributed by atoms with Crippen molar-refractivity contribution in [3.8, 4) is 0 Å². The van der Waals surface area contributed by atoms with Crippen molar-refractivity contribution in [3.63, 3.8) is 0 Å². The molecule has 1 amide bonds. The van der Waals surface area contributed by atoms with Crippen LogP contribution in [-0.4, -0.2) is 37.9 Å². The molecule has 3 rings (SSSR count). The molecule has 0 unspecified atom stereocenters. The molecule has 1 N–H and O–H groups in total. The Morgan fingerprint density at radius 3 is 3.00 bits per heavy atom. The van der Waals surface area contributed by atoms with E-state index in [-0.39, 0.29) is 29.6 Å². The molecule has 0 fully saturated rings. The first-order chi connectivity index (χ1) is 12.5. The molecule has 3 aromatic rings. The third-order valence-electron chi connectivity index (χ3n) is 3.09. The van der Waals surface area contributed by atoms with Gasteiger partial charge < -0.3 is 14.6 Å². The number of anilines is 1. The Labute approximate surface area is 155 Å². The zero-order valence-electron chi connectivity index (χ0n) is 13.6. The van der Waals surface area contributed by atoms with Crippen LogP contribution in [-0.2, 0) is 20.9 Å². The second kappa shape index (κ2) is 8.15. The highest BCUT2D eigenvalue weighted by Gasteiger charge is 2.10. The number of nitrogens with zero attached hydrogens (tertiary/aromatic N) is 3. The first kappa shape index (κ1) is 18.1. The van der Waals surface area contributed by atoms with Crippen LogP contribution in [0.15, 0.2) is 33.0 Å². The van der Waals surface area contributed by atoms with Gasteiger partial charge in [-0.25, -0.2) is 4.98 Å². The highest BCUT2D eigenvalue weighted by atomic mass is 32.2. The van der Waals surface area contributed by atoms with E-state index in [1.54, 1.807) is 24.6 Å². The number of hydrogen-bond donors (Lipinski definition) is 1. The topological polar surface area (TPSA) is 116 Å². The molecule has 3 aromatic heterocycles. The third-order valence-corrected chi connectivity index (χ3v) is 4.75. The van der Waals surface area contributed by atoms with Gasteiger partial charge in [0, 0.05) is 23.7 Å². The number of aryl methyl sites for hydroxylation is 1. The summed E-state index contributed by atoms with van der Waals surface area (Å²) in [7, 11) is 0. The van der Waals surface area contributed by atoms with Crippen LogP contribution in [0.3, 0.4) is 0 Å². The lowest BCUT2D eigenvalue weighted by molar-refractivity contribution is -0.141. The minimum Gasteiger partial charge on any atom is -0.459 e. The van der Waals surface area contributed by atoms with Crippen molar-refractivity contribution in [3.05, 3.63) is 45.5 Å². The van der Waals surface area contributed by atoms with Gasteiger partial charge in [0.15, 0.2) is 10.8 Å². The van der Waals surface area contributed by atoms with E-state index in [0.29, 0.717) is 22.2 Å². The van der Waals surface area contributed by atoms with Crippen molar-refractivity contribution in [2.45, 2.75) is 13.5 Å². The van der Waals surface area contributed by atoms with Crippen molar-refractivity contribution in [2.75, 3.05) is 16.8 Å². The Hall–Kier alpha value is -2.66. The molecule has 26 heavy (non-hydrogen) atoms. The minimum atomic E-state index is -0.492. The van der Waals surface area contributed by atoms with E-state index >= 15 is 0 Å². The zero-order chi connectivity index (χ0) is 18.5. The molecule has 0 bridgehead atoms. The normalized spacial score (nSPS) is 10.8. The smallest absolute Gasteiger partial charge is 0.316 e.